The van der Waals surface area contributed by atoms with Crippen molar-refractivity contribution in [3.63, 3.8) is 0 Å². The second-order valence-electron chi connectivity index (χ2n) is 22.8. The highest BCUT2D eigenvalue weighted by Crippen LogP contribution is 2.23. The number of aromatic nitrogens is 3. The van der Waals surface area contributed by atoms with Crippen molar-refractivity contribution in [2.75, 3.05) is 26.9 Å². The van der Waals surface area contributed by atoms with Crippen LogP contribution in [-0.4, -0.2) is 89.9 Å². The summed E-state index contributed by atoms with van der Waals surface area (Å²) in [6.07, 6.45) is 11.1. The number of aliphatic hydroxyl groups excluding tert-OH is 3. The molecule has 0 spiro atoms. The average molecular weight is 1070 g/mol. The van der Waals surface area contributed by atoms with Gasteiger partial charge in [-0.15, -0.1) is 0 Å². The van der Waals surface area contributed by atoms with Gasteiger partial charge in [0.05, 0.1) is 44.0 Å². The van der Waals surface area contributed by atoms with Crippen molar-refractivity contribution >= 4 is 17.3 Å². The van der Waals surface area contributed by atoms with Crippen molar-refractivity contribution < 1.29 is 34.4 Å². The molecule has 3 aromatic heterocycles. The quantitative estimate of drug-likeness (QED) is 0.0256. The normalized spacial score (nSPS) is 13.6. The zero-order valence-electron chi connectivity index (χ0n) is 49.0. The fourth-order valence-electron chi connectivity index (χ4n) is 9.28. The first kappa shape index (κ1) is 64.6. The first-order chi connectivity index (χ1) is 36.8. The standard InChI is InChI=1S/C22H32N2O3.C22H32N2O2.C21H30N2O2/c1-16-14-17(8-11-21(16)27-4)6-5-7-20(26)19-10-9-18(24(19)3)12-13-22(2,23)15-25;1-16-8-9-18(14-17(16)2)6-5-7-21(26)20-11-10-19(24(20)4)12-13-22(3,23)15-25;1-16-7-9-17(10-8-16)5-4-6-20(25)19-12-11-18(23(19)3)13-14-21(2,22)15-24/h8-11,14,25H,5-7,12-13,15,23H2,1-4H3;8-11,14,25H,5-7,12-13,15,23H2,1-4H3;7-12,24H,4-6,13-15,22H2,1-3H3/t2*22-;21-/m111/s1. The molecule has 3 atom stereocenters. The Morgan fingerprint density at radius 2 is 0.782 bits per heavy atom. The number of benzene rings is 3. The van der Waals surface area contributed by atoms with Gasteiger partial charge in [0.2, 0.25) is 0 Å². The fourth-order valence-corrected chi connectivity index (χ4v) is 9.28. The first-order valence-electron chi connectivity index (χ1n) is 27.8. The molecule has 0 aliphatic carbocycles. The van der Waals surface area contributed by atoms with Crippen LogP contribution in [0.5, 0.6) is 5.75 Å². The van der Waals surface area contributed by atoms with E-state index in [2.05, 4.69) is 75.4 Å². The number of ether oxygens (including phenoxy) is 1. The second kappa shape index (κ2) is 30.4. The maximum atomic E-state index is 12.6. The molecule has 0 aliphatic heterocycles. The summed E-state index contributed by atoms with van der Waals surface area (Å²) in [4.78, 5) is 37.6. The molecule has 0 aliphatic rings. The molecule has 0 saturated heterocycles. The molecule has 0 saturated carbocycles. The third kappa shape index (κ3) is 20.4. The van der Waals surface area contributed by atoms with E-state index in [1.54, 1.807) is 7.11 Å². The zero-order valence-corrected chi connectivity index (χ0v) is 49.0. The molecule has 0 radical (unpaired) electrons. The van der Waals surface area contributed by atoms with E-state index >= 15 is 0 Å². The van der Waals surface area contributed by atoms with E-state index in [0.717, 1.165) is 103 Å². The van der Waals surface area contributed by atoms with Gasteiger partial charge in [-0.3, -0.25) is 14.4 Å². The van der Waals surface area contributed by atoms with Crippen LogP contribution in [0.15, 0.2) is 97.1 Å². The molecular formula is C65H94N6O7. The lowest BCUT2D eigenvalue weighted by Crippen LogP contribution is -2.40. The summed E-state index contributed by atoms with van der Waals surface area (Å²) in [7, 11) is 7.45. The Morgan fingerprint density at radius 3 is 1.12 bits per heavy atom. The third-order valence-electron chi connectivity index (χ3n) is 15.2. The molecule has 3 heterocycles. The summed E-state index contributed by atoms with van der Waals surface area (Å²) in [5, 5.41) is 27.8. The molecule has 13 heteroatoms. The van der Waals surface area contributed by atoms with Crippen LogP contribution in [-0.2, 0) is 59.7 Å². The Labute approximate surface area is 466 Å². The van der Waals surface area contributed by atoms with Gasteiger partial charge in [-0.05, 0) is 201 Å². The van der Waals surface area contributed by atoms with E-state index < -0.39 is 16.6 Å². The predicted octanol–water partition coefficient (Wildman–Crippen LogP) is 9.86. The van der Waals surface area contributed by atoms with E-state index in [4.69, 9.17) is 21.9 Å². The van der Waals surface area contributed by atoms with Gasteiger partial charge in [0.1, 0.15) is 5.75 Å². The van der Waals surface area contributed by atoms with Crippen LogP contribution in [0.25, 0.3) is 0 Å². The largest absolute Gasteiger partial charge is 0.496 e. The summed E-state index contributed by atoms with van der Waals surface area (Å²) < 4.78 is 11.2. The number of carbonyl (C=O) groups is 3. The molecule has 13 nitrogen and oxygen atoms in total. The number of nitrogens with two attached hydrogens (primary N) is 3. The molecule has 0 unspecified atom stereocenters. The van der Waals surface area contributed by atoms with Crippen molar-refractivity contribution in [2.24, 2.45) is 38.3 Å². The highest BCUT2D eigenvalue weighted by atomic mass is 16.5. The number of carbonyl (C=O) groups excluding carboxylic acids is 3. The number of aliphatic hydroxyl groups is 3. The lowest BCUT2D eigenvalue weighted by atomic mass is 9.97. The van der Waals surface area contributed by atoms with Crippen LogP contribution >= 0.6 is 0 Å². The lowest BCUT2D eigenvalue weighted by molar-refractivity contribution is 0.0964. The maximum absolute atomic E-state index is 12.6. The van der Waals surface area contributed by atoms with Crippen LogP contribution in [0.1, 0.15) is 166 Å². The van der Waals surface area contributed by atoms with E-state index in [9.17, 15) is 29.7 Å². The molecule has 0 amide bonds. The Bertz CT molecular complexity index is 2850. The molecule has 0 fully saturated rings. The van der Waals surface area contributed by atoms with Crippen LogP contribution in [0.2, 0.25) is 0 Å². The van der Waals surface area contributed by atoms with Crippen LogP contribution in [0.3, 0.4) is 0 Å². The molecule has 0 bridgehead atoms. The summed E-state index contributed by atoms with van der Waals surface area (Å²) >= 11 is 0. The number of nitrogens with zero attached hydrogens (tertiary/aromatic N) is 3. The SMILES string of the molecule is COc1ccc(CCCC(=O)c2ccc(CC[C@@](C)(N)CO)n2C)cc1C.Cc1ccc(CCCC(=O)c2ccc(CC[C@@](C)(N)CO)n2C)cc1.Cc1ccc(CCCC(=O)c2ccc(CC[C@@](C)(N)CO)n2C)cc1C. The van der Waals surface area contributed by atoms with Crippen LogP contribution in [0.4, 0.5) is 0 Å². The van der Waals surface area contributed by atoms with E-state index in [1.165, 1.54) is 33.4 Å². The first-order valence-corrected chi connectivity index (χ1v) is 27.8. The van der Waals surface area contributed by atoms with Crippen molar-refractivity contribution in [1.29, 1.82) is 0 Å². The van der Waals surface area contributed by atoms with Crippen molar-refractivity contribution in [1.82, 2.24) is 13.7 Å². The topological polar surface area (TPSA) is 214 Å². The Morgan fingerprint density at radius 1 is 0.449 bits per heavy atom. The molecule has 78 heavy (non-hydrogen) atoms. The molecule has 6 rings (SSSR count). The van der Waals surface area contributed by atoms with Gasteiger partial charge in [0.25, 0.3) is 0 Å². The van der Waals surface area contributed by atoms with Crippen LogP contribution in [0, 0.1) is 27.7 Å². The molecule has 9 N–H and O–H groups in total. The summed E-state index contributed by atoms with van der Waals surface area (Å²) in [5.74, 6) is 1.41. The van der Waals surface area contributed by atoms with Gasteiger partial charge in [-0.25, -0.2) is 0 Å². The van der Waals surface area contributed by atoms with Gasteiger partial charge in [0.15, 0.2) is 17.3 Å². The summed E-state index contributed by atoms with van der Waals surface area (Å²) in [6, 6.07) is 32.8. The second-order valence-corrected chi connectivity index (χ2v) is 22.8. The molecular weight excluding hydrogens is 977 g/mol. The van der Waals surface area contributed by atoms with E-state index in [0.29, 0.717) is 38.5 Å². The zero-order chi connectivity index (χ0) is 57.8. The van der Waals surface area contributed by atoms with Crippen molar-refractivity contribution in [2.45, 2.75) is 161 Å². The number of rotatable bonds is 28. The third-order valence-corrected chi connectivity index (χ3v) is 15.2. The van der Waals surface area contributed by atoms with Crippen LogP contribution < -0.4 is 21.9 Å². The summed E-state index contributed by atoms with van der Waals surface area (Å²) in [6.45, 7) is 13.7. The maximum Gasteiger partial charge on any atom is 0.179 e. The Balaban J connectivity index is 0.000000253. The van der Waals surface area contributed by atoms with Crippen molar-refractivity contribution in [3.05, 3.63) is 170 Å². The number of Topliss-reactive ketones (excluding diaryl/α,β-unsaturated/α-hetero) is 3. The molecule has 6 aromatic rings. The van der Waals surface area contributed by atoms with Gasteiger partial charge >= 0.3 is 0 Å². The lowest BCUT2D eigenvalue weighted by Gasteiger charge is -2.21. The molecule has 426 valence electrons. The number of methoxy groups -OCH3 is 1. The van der Waals surface area contributed by atoms with Gasteiger partial charge in [-0.2, -0.15) is 0 Å². The number of hydrogen-bond acceptors (Lipinski definition) is 10. The minimum atomic E-state index is -0.592. The number of ketones is 3. The summed E-state index contributed by atoms with van der Waals surface area (Å²) in [5.41, 5.74) is 30.4. The highest BCUT2D eigenvalue weighted by molar-refractivity contribution is 5.95. The fraction of sp³-hybridized carbons (Fsp3) is 0.492. The highest BCUT2D eigenvalue weighted by Gasteiger charge is 2.22. The smallest absolute Gasteiger partial charge is 0.179 e. The monoisotopic (exact) mass is 1070 g/mol. The predicted molar refractivity (Wildman–Crippen MR) is 317 cm³/mol. The average Bonchev–Trinajstić information content (AvgIpc) is 4.11. The number of aryl methyl sites for hydroxylation is 10. The van der Waals surface area contributed by atoms with Gasteiger partial charge in [0, 0.05) is 74.1 Å². The van der Waals surface area contributed by atoms with Gasteiger partial charge < -0.3 is 51.0 Å². The number of hydrogen-bond donors (Lipinski definition) is 6. The Hall–Kier alpha value is -5.93. The minimum absolute atomic E-state index is 0.0395. The van der Waals surface area contributed by atoms with E-state index in [1.807, 2.05) is 105 Å². The van der Waals surface area contributed by atoms with E-state index in [-0.39, 0.29) is 37.2 Å². The Kier molecular flexibility index (Phi) is 25.2. The van der Waals surface area contributed by atoms with Gasteiger partial charge in [-0.1, -0.05) is 60.2 Å². The minimum Gasteiger partial charge on any atom is -0.496 e. The van der Waals surface area contributed by atoms with Crippen molar-refractivity contribution in [3.8, 4) is 5.75 Å². The molecule has 3 aromatic carbocycles.